The number of non-ortho nitro benzene ring substituents is 1. The lowest BCUT2D eigenvalue weighted by Gasteiger charge is -2.44. The zero-order valence-corrected chi connectivity index (χ0v) is 24.1. The van der Waals surface area contributed by atoms with Crippen molar-refractivity contribution in [2.24, 2.45) is 5.92 Å². The lowest BCUT2D eigenvalue weighted by atomic mass is 9.88. The Balaban J connectivity index is 1.79. The maximum Gasteiger partial charge on any atom is 0.269 e. The highest BCUT2D eigenvalue weighted by molar-refractivity contribution is 7.89. The second-order valence-corrected chi connectivity index (χ2v) is 18.1. The van der Waals surface area contributed by atoms with Gasteiger partial charge in [0.25, 0.3) is 24.0 Å². The Hall–Kier alpha value is -2.91. The van der Waals surface area contributed by atoms with Gasteiger partial charge in [-0.15, -0.1) is 0 Å². The average molecular weight is 541 g/mol. The van der Waals surface area contributed by atoms with E-state index in [1.807, 2.05) is 24.3 Å². The molecule has 2 aliphatic rings. The molecule has 0 saturated heterocycles. The van der Waals surface area contributed by atoms with Gasteiger partial charge in [-0.1, -0.05) is 78.0 Å². The van der Waals surface area contributed by atoms with Crippen LogP contribution in [-0.2, 0) is 14.4 Å². The Morgan fingerprint density at radius 2 is 1.49 bits per heavy atom. The minimum Gasteiger partial charge on any atom is -0.544 e. The van der Waals surface area contributed by atoms with Gasteiger partial charge in [-0.05, 0) is 40.4 Å². The number of allylic oxidation sites excluding steroid dienone is 1. The van der Waals surface area contributed by atoms with Crippen molar-refractivity contribution >= 4 is 24.0 Å². The molecule has 3 atom stereocenters. The number of rotatable bonds is 9. The molecule has 1 aliphatic heterocycles. The highest BCUT2D eigenvalue weighted by Gasteiger charge is 2.53. The molecule has 4 rings (SSSR count). The van der Waals surface area contributed by atoms with Crippen molar-refractivity contribution in [3.63, 3.8) is 0 Å². The topological polar surface area (TPSA) is 89.8 Å². The van der Waals surface area contributed by atoms with Gasteiger partial charge in [0, 0.05) is 30.2 Å². The predicted molar refractivity (Wildman–Crippen MR) is 148 cm³/mol. The summed E-state index contributed by atoms with van der Waals surface area (Å²) in [6.07, 6.45) is 5.73. The standard InChI is InChI=1S/C28H36N2O5SSi/c1-19(2)37(20(3)4,21(5)6)35-27-18-26(22-10-8-7-9-11-22)25-16-17-29(28(25)27)36(33,34)24-14-12-23(13-15-24)30(31)32/h7-21,25-26,28H,1-6H3/t25-,26+,28-/m1/s1. The normalized spacial score (nSPS) is 21.6. The SMILES string of the molecule is CC(C)[Si](OC1=C[C@@H](c2ccccc2)[C@H]2C=CN(S(=O)(=O)c3ccc([N+](=O)[O-])cc3)[C@@H]12)(C(C)C)C(C)C. The summed E-state index contributed by atoms with van der Waals surface area (Å²) < 4.78 is 36.2. The van der Waals surface area contributed by atoms with Crippen LogP contribution in [0.2, 0.25) is 16.6 Å². The molecule has 0 amide bonds. The number of fused-ring (bicyclic) bond motifs is 1. The third-order valence-electron chi connectivity index (χ3n) is 7.95. The summed E-state index contributed by atoms with van der Waals surface area (Å²) in [6, 6.07) is 14.7. The molecule has 7 nitrogen and oxygen atoms in total. The lowest BCUT2D eigenvalue weighted by Crippen LogP contribution is -2.49. The molecule has 2 aromatic rings. The van der Waals surface area contributed by atoms with Crippen LogP contribution in [0.4, 0.5) is 5.69 Å². The number of nitro groups is 1. The van der Waals surface area contributed by atoms with Crippen molar-refractivity contribution in [2.75, 3.05) is 0 Å². The second kappa shape index (κ2) is 10.1. The van der Waals surface area contributed by atoms with Crippen molar-refractivity contribution in [3.8, 4) is 0 Å². The Bertz CT molecular complexity index is 1280. The van der Waals surface area contributed by atoms with Gasteiger partial charge in [0.2, 0.25) is 0 Å². The molecule has 0 radical (unpaired) electrons. The maximum atomic E-state index is 13.8. The maximum absolute atomic E-state index is 13.8. The van der Waals surface area contributed by atoms with Gasteiger partial charge in [-0.25, -0.2) is 8.42 Å². The molecule has 0 N–H and O–H groups in total. The quantitative estimate of drug-likeness (QED) is 0.195. The fourth-order valence-corrected chi connectivity index (χ4v) is 13.1. The fraction of sp³-hybridized carbons (Fsp3) is 0.429. The third kappa shape index (κ3) is 4.63. The summed E-state index contributed by atoms with van der Waals surface area (Å²) in [4.78, 5) is 10.6. The molecule has 0 saturated carbocycles. The highest BCUT2D eigenvalue weighted by Crippen LogP contribution is 2.51. The molecule has 9 heteroatoms. The van der Waals surface area contributed by atoms with Gasteiger partial charge < -0.3 is 4.43 Å². The molecular formula is C28H36N2O5SSi. The van der Waals surface area contributed by atoms with Crippen LogP contribution in [0.3, 0.4) is 0 Å². The monoisotopic (exact) mass is 540 g/mol. The number of sulfonamides is 1. The molecule has 0 aromatic heterocycles. The Kier molecular flexibility index (Phi) is 7.40. The molecular weight excluding hydrogens is 504 g/mol. The third-order valence-corrected chi connectivity index (χ3v) is 15.7. The summed E-state index contributed by atoms with van der Waals surface area (Å²) in [5.41, 5.74) is 1.95. The second-order valence-electron chi connectivity index (χ2n) is 10.9. The summed E-state index contributed by atoms with van der Waals surface area (Å²) in [5.74, 6) is 0.591. The van der Waals surface area contributed by atoms with Crippen molar-refractivity contribution in [1.82, 2.24) is 4.31 Å². The Morgan fingerprint density at radius 1 is 0.919 bits per heavy atom. The lowest BCUT2D eigenvalue weighted by molar-refractivity contribution is -0.384. The molecule has 0 spiro atoms. The van der Waals surface area contributed by atoms with Crippen LogP contribution in [0, 0.1) is 16.0 Å². The van der Waals surface area contributed by atoms with E-state index < -0.39 is 29.3 Å². The van der Waals surface area contributed by atoms with Crippen molar-refractivity contribution in [3.05, 3.63) is 94.4 Å². The molecule has 1 heterocycles. The van der Waals surface area contributed by atoms with E-state index >= 15 is 0 Å². The zero-order valence-electron chi connectivity index (χ0n) is 22.2. The Morgan fingerprint density at radius 3 is 2.00 bits per heavy atom. The van der Waals surface area contributed by atoms with Crippen molar-refractivity contribution < 1.29 is 17.8 Å². The van der Waals surface area contributed by atoms with Crippen LogP contribution in [0.1, 0.15) is 53.0 Å². The number of nitro benzene ring substituents is 1. The van der Waals surface area contributed by atoms with Crippen LogP contribution < -0.4 is 0 Å². The number of nitrogens with zero attached hydrogens (tertiary/aromatic N) is 2. The van der Waals surface area contributed by atoms with Gasteiger partial charge >= 0.3 is 0 Å². The van der Waals surface area contributed by atoms with E-state index in [-0.39, 0.29) is 22.4 Å². The van der Waals surface area contributed by atoms with E-state index in [1.54, 1.807) is 6.20 Å². The van der Waals surface area contributed by atoms with Crippen LogP contribution in [0.25, 0.3) is 0 Å². The van der Waals surface area contributed by atoms with Gasteiger partial charge in [-0.3, -0.25) is 14.4 Å². The van der Waals surface area contributed by atoms with Gasteiger partial charge in [0.15, 0.2) is 0 Å². The molecule has 37 heavy (non-hydrogen) atoms. The first-order chi connectivity index (χ1) is 17.4. The van der Waals surface area contributed by atoms with E-state index in [2.05, 4.69) is 59.8 Å². The first-order valence-electron chi connectivity index (χ1n) is 12.8. The van der Waals surface area contributed by atoms with Crippen molar-refractivity contribution in [1.29, 1.82) is 0 Å². The summed E-state index contributed by atoms with van der Waals surface area (Å²) >= 11 is 0. The smallest absolute Gasteiger partial charge is 0.269 e. The minimum absolute atomic E-state index is 0.0194. The minimum atomic E-state index is -3.97. The predicted octanol–water partition coefficient (Wildman–Crippen LogP) is 6.97. The first-order valence-corrected chi connectivity index (χ1v) is 16.4. The van der Waals surface area contributed by atoms with Crippen LogP contribution >= 0.6 is 0 Å². The van der Waals surface area contributed by atoms with Crippen molar-refractivity contribution in [2.45, 2.75) is 75.0 Å². The largest absolute Gasteiger partial charge is 0.544 e. The number of hydrogen-bond acceptors (Lipinski definition) is 5. The van der Waals surface area contributed by atoms with E-state index in [4.69, 9.17) is 4.43 Å². The number of hydrogen-bond donors (Lipinski definition) is 0. The van der Waals surface area contributed by atoms with Crippen LogP contribution in [-0.4, -0.2) is 32.0 Å². The van der Waals surface area contributed by atoms with Crippen LogP contribution in [0.15, 0.2) is 83.6 Å². The molecule has 0 unspecified atom stereocenters. The van der Waals surface area contributed by atoms with Gasteiger partial charge in [-0.2, -0.15) is 0 Å². The molecule has 0 bridgehead atoms. The molecule has 198 valence electrons. The number of benzene rings is 2. The van der Waals surface area contributed by atoms with E-state index in [1.165, 1.54) is 28.6 Å². The van der Waals surface area contributed by atoms with Crippen LogP contribution in [0.5, 0.6) is 0 Å². The molecule has 0 fully saturated rings. The molecule has 2 aromatic carbocycles. The molecule has 1 aliphatic carbocycles. The average Bonchev–Trinajstić information content (AvgIpc) is 3.44. The van der Waals surface area contributed by atoms with E-state index in [9.17, 15) is 18.5 Å². The fourth-order valence-electron chi connectivity index (χ4n) is 6.31. The Labute approximate surface area is 221 Å². The van der Waals surface area contributed by atoms with Gasteiger partial charge in [0.05, 0.1) is 9.82 Å². The summed E-state index contributed by atoms with van der Waals surface area (Å²) in [6.45, 7) is 13.3. The summed E-state index contributed by atoms with van der Waals surface area (Å²) in [7, 11) is -6.34. The zero-order chi connectivity index (χ0) is 27.1. The summed E-state index contributed by atoms with van der Waals surface area (Å²) in [5, 5.41) is 11.1. The van der Waals surface area contributed by atoms with E-state index in [0.29, 0.717) is 16.6 Å². The van der Waals surface area contributed by atoms with Gasteiger partial charge in [0.1, 0.15) is 11.8 Å². The first kappa shape index (κ1) is 27.1. The highest BCUT2D eigenvalue weighted by atomic mass is 32.2. The van der Waals surface area contributed by atoms with E-state index in [0.717, 1.165) is 11.3 Å².